The molecule has 0 radical (unpaired) electrons. The summed E-state index contributed by atoms with van der Waals surface area (Å²) in [6.45, 7) is 4.28. The molecule has 0 saturated heterocycles. The van der Waals surface area contributed by atoms with Gasteiger partial charge in [0, 0.05) is 5.69 Å². The number of hydrogen-bond donors (Lipinski definition) is 2. The van der Waals surface area contributed by atoms with Crippen molar-refractivity contribution in [1.82, 2.24) is 14.8 Å². The number of nitrogens with one attached hydrogen (secondary N) is 1. The Labute approximate surface area is 121 Å². The Morgan fingerprint density at radius 3 is 3.00 bits per heavy atom. The van der Waals surface area contributed by atoms with Gasteiger partial charge in [0.2, 0.25) is 5.91 Å². The molecule has 0 fully saturated rings. The molecule has 2 heterocycles. The number of nitrogens with two attached hydrogens (primary N) is 1. The summed E-state index contributed by atoms with van der Waals surface area (Å²) in [4.78, 5) is 16.8. The van der Waals surface area contributed by atoms with Crippen LogP contribution in [0, 0.1) is 25.7 Å². The zero-order valence-electron chi connectivity index (χ0n) is 11.3. The lowest BCUT2D eigenvalue weighted by Gasteiger charge is -2.03. The minimum atomic E-state index is -0.163. The molecule has 3 N–H and O–H groups in total. The highest BCUT2D eigenvalue weighted by molar-refractivity contribution is 7.16. The minimum Gasteiger partial charge on any atom is -0.320 e. The fourth-order valence-corrected chi connectivity index (χ4v) is 2.36. The molecule has 0 aromatic carbocycles. The van der Waals surface area contributed by atoms with Crippen LogP contribution in [0.25, 0.3) is 0 Å². The summed E-state index contributed by atoms with van der Waals surface area (Å²) < 4.78 is 1.66. The number of amides is 1. The van der Waals surface area contributed by atoms with Crippen molar-refractivity contribution in [3.05, 3.63) is 28.5 Å². The summed E-state index contributed by atoms with van der Waals surface area (Å²) in [7, 11) is 0. The Balaban J connectivity index is 1.98. The van der Waals surface area contributed by atoms with E-state index >= 15 is 0 Å². The van der Waals surface area contributed by atoms with Crippen molar-refractivity contribution in [2.24, 2.45) is 5.73 Å². The Hall–Kier alpha value is -2.17. The van der Waals surface area contributed by atoms with Crippen molar-refractivity contribution in [3.63, 3.8) is 0 Å². The molecule has 0 spiro atoms. The maximum atomic E-state index is 11.9. The zero-order valence-corrected chi connectivity index (χ0v) is 12.1. The summed E-state index contributed by atoms with van der Waals surface area (Å²) >= 11 is 1.32. The molecule has 2 aromatic heterocycles. The number of thiazole rings is 1. The molecule has 104 valence electrons. The van der Waals surface area contributed by atoms with Gasteiger partial charge in [0.25, 0.3) is 0 Å². The summed E-state index contributed by atoms with van der Waals surface area (Å²) in [5.41, 5.74) is 7.14. The first kappa shape index (κ1) is 14.2. The lowest BCUT2D eigenvalue weighted by Crippen LogP contribution is -2.20. The lowest BCUT2D eigenvalue weighted by atomic mass is 10.4. The molecule has 0 atom stereocenters. The first-order valence-corrected chi connectivity index (χ1v) is 6.86. The molecule has 0 aliphatic carbocycles. The largest absolute Gasteiger partial charge is 0.320 e. The number of carbonyl (C=O) groups is 1. The SMILES string of the molecule is Cc1cc(C)n(CC(=O)Nc2ncc(C#CCN)s2)n1. The molecule has 20 heavy (non-hydrogen) atoms. The van der Waals surface area contributed by atoms with E-state index in [1.807, 2.05) is 19.9 Å². The van der Waals surface area contributed by atoms with Crippen LogP contribution >= 0.6 is 11.3 Å². The van der Waals surface area contributed by atoms with Crippen molar-refractivity contribution in [3.8, 4) is 11.8 Å². The second kappa shape index (κ2) is 6.32. The number of nitrogens with zero attached hydrogens (tertiary/aromatic N) is 3. The molecule has 0 aliphatic heterocycles. The third kappa shape index (κ3) is 3.66. The van der Waals surface area contributed by atoms with Crippen LogP contribution in [0.5, 0.6) is 0 Å². The van der Waals surface area contributed by atoms with E-state index in [2.05, 4.69) is 27.2 Å². The van der Waals surface area contributed by atoms with Gasteiger partial charge in [-0.2, -0.15) is 5.10 Å². The molecule has 2 aromatic rings. The summed E-state index contributed by atoms with van der Waals surface area (Å²) in [6, 6.07) is 1.93. The zero-order chi connectivity index (χ0) is 14.5. The molecule has 0 aliphatic rings. The van der Waals surface area contributed by atoms with Crippen LogP contribution in [-0.2, 0) is 11.3 Å². The van der Waals surface area contributed by atoms with E-state index < -0.39 is 0 Å². The Kier molecular flexibility index (Phi) is 4.50. The van der Waals surface area contributed by atoms with Crippen molar-refractivity contribution in [2.45, 2.75) is 20.4 Å². The number of hydrogen-bond acceptors (Lipinski definition) is 5. The van der Waals surface area contributed by atoms with E-state index in [0.717, 1.165) is 16.3 Å². The normalized spacial score (nSPS) is 9.95. The monoisotopic (exact) mass is 289 g/mol. The number of rotatable bonds is 3. The second-order valence-corrected chi connectivity index (χ2v) is 5.20. The fourth-order valence-electron chi connectivity index (χ4n) is 1.66. The highest BCUT2D eigenvalue weighted by Crippen LogP contribution is 2.16. The first-order chi connectivity index (χ1) is 9.58. The van der Waals surface area contributed by atoms with E-state index in [1.165, 1.54) is 11.3 Å². The highest BCUT2D eigenvalue weighted by Gasteiger charge is 2.09. The van der Waals surface area contributed by atoms with Gasteiger partial charge in [-0.25, -0.2) is 4.98 Å². The van der Waals surface area contributed by atoms with Gasteiger partial charge in [-0.3, -0.25) is 9.48 Å². The average molecular weight is 289 g/mol. The van der Waals surface area contributed by atoms with Gasteiger partial charge in [0.05, 0.1) is 23.3 Å². The predicted molar refractivity (Wildman–Crippen MR) is 78.4 cm³/mol. The van der Waals surface area contributed by atoms with Gasteiger partial charge in [0.1, 0.15) is 6.54 Å². The van der Waals surface area contributed by atoms with Crippen molar-refractivity contribution in [2.75, 3.05) is 11.9 Å². The topological polar surface area (TPSA) is 85.8 Å². The van der Waals surface area contributed by atoms with Crippen LogP contribution in [0.4, 0.5) is 5.13 Å². The van der Waals surface area contributed by atoms with Gasteiger partial charge in [0.15, 0.2) is 5.13 Å². The molecule has 7 heteroatoms. The van der Waals surface area contributed by atoms with E-state index in [4.69, 9.17) is 5.73 Å². The highest BCUT2D eigenvalue weighted by atomic mass is 32.1. The van der Waals surface area contributed by atoms with Gasteiger partial charge < -0.3 is 11.1 Å². The van der Waals surface area contributed by atoms with Gasteiger partial charge in [-0.05, 0) is 19.9 Å². The van der Waals surface area contributed by atoms with E-state index in [1.54, 1.807) is 10.9 Å². The van der Waals surface area contributed by atoms with Crippen molar-refractivity contribution >= 4 is 22.4 Å². The van der Waals surface area contributed by atoms with E-state index in [0.29, 0.717) is 11.7 Å². The summed E-state index contributed by atoms with van der Waals surface area (Å²) in [5.74, 6) is 5.45. The van der Waals surface area contributed by atoms with Crippen molar-refractivity contribution < 1.29 is 4.79 Å². The van der Waals surface area contributed by atoms with E-state index in [-0.39, 0.29) is 12.5 Å². The minimum absolute atomic E-state index is 0.163. The summed E-state index contributed by atoms with van der Waals surface area (Å²) in [5, 5.41) is 7.50. The van der Waals surface area contributed by atoms with Crippen LogP contribution in [-0.4, -0.2) is 27.2 Å². The maximum absolute atomic E-state index is 11.9. The second-order valence-electron chi connectivity index (χ2n) is 4.17. The molecule has 0 saturated carbocycles. The van der Waals surface area contributed by atoms with Crippen LogP contribution in [0.3, 0.4) is 0 Å². The maximum Gasteiger partial charge on any atom is 0.247 e. The summed E-state index contributed by atoms with van der Waals surface area (Å²) in [6.07, 6.45) is 1.62. The number of carbonyl (C=O) groups excluding carboxylic acids is 1. The average Bonchev–Trinajstić information content (AvgIpc) is 2.94. The Morgan fingerprint density at radius 1 is 1.55 bits per heavy atom. The molecule has 1 amide bonds. The molecular formula is C13H15N5OS. The lowest BCUT2D eigenvalue weighted by molar-refractivity contribution is -0.116. The standard InChI is InChI=1S/C13H15N5OS/c1-9-6-10(2)18(17-9)8-12(19)16-13-15-7-11(20-13)4-3-5-14/h6-7H,5,8,14H2,1-2H3,(H,15,16,19). The first-order valence-electron chi connectivity index (χ1n) is 6.04. The number of aromatic nitrogens is 3. The molecule has 6 nitrogen and oxygen atoms in total. The van der Waals surface area contributed by atoms with Crippen LogP contribution in [0.2, 0.25) is 0 Å². The third-order valence-corrected chi connectivity index (χ3v) is 3.29. The molecule has 0 bridgehead atoms. The quantitative estimate of drug-likeness (QED) is 0.822. The van der Waals surface area contributed by atoms with Crippen LogP contribution in [0.15, 0.2) is 12.3 Å². The van der Waals surface area contributed by atoms with Gasteiger partial charge in [-0.1, -0.05) is 23.2 Å². The Bertz CT molecular complexity index is 676. The number of anilines is 1. The fraction of sp³-hybridized carbons (Fsp3) is 0.308. The van der Waals surface area contributed by atoms with Gasteiger partial charge >= 0.3 is 0 Å². The van der Waals surface area contributed by atoms with Crippen LogP contribution < -0.4 is 11.1 Å². The molecule has 2 rings (SSSR count). The predicted octanol–water partition coefficient (Wildman–Crippen LogP) is 0.905. The third-order valence-electron chi connectivity index (χ3n) is 2.46. The van der Waals surface area contributed by atoms with Gasteiger partial charge in [-0.15, -0.1) is 0 Å². The Morgan fingerprint density at radius 2 is 2.35 bits per heavy atom. The molecule has 0 unspecified atom stereocenters. The van der Waals surface area contributed by atoms with Crippen molar-refractivity contribution in [1.29, 1.82) is 0 Å². The molecular weight excluding hydrogens is 274 g/mol. The van der Waals surface area contributed by atoms with E-state index in [9.17, 15) is 4.79 Å². The number of aryl methyl sites for hydroxylation is 2. The smallest absolute Gasteiger partial charge is 0.247 e. The van der Waals surface area contributed by atoms with Crippen LogP contribution in [0.1, 0.15) is 16.3 Å².